The molecular weight excluding hydrogens is 546 g/mol. The summed E-state index contributed by atoms with van der Waals surface area (Å²) in [4.78, 5) is 51.9. The lowest BCUT2D eigenvalue weighted by Crippen LogP contribution is -2.15. The van der Waals surface area contributed by atoms with E-state index in [1.54, 1.807) is 48.5 Å². The molecule has 3 aromatic carbocycles. The minimum Gasteiger partial charge on any atom is -0.464 e. The average molecular weight is 568 g/mol. The van der Waals surface area contributed by atoms with Gasteiger partial charge in [-0.1, -0.05) is 52.8 Å². The van der Waals surface area contributed by atoms with Gasteiger partial charge in [-0.3, -0.25) is 14.9 Å². The minimum atomic E-state index is -0.834. The largest absolute Gasteiger partial charge is 0.464 e. The van der Waals surface area contributed by atoms with E-state index in [1.165, 1.54) is 43.0 Å². The van der Waals surface area contributed by atoms with Gasteiger partial charge in [-0.15, -0.1) is 4.91 Å². The summed E-state index contributed by atoms with van der Waals surface area (Å²) in [6, 6.07) is 20.3. The van der Waals surface area contributed by atoms with Crippen molar-refractivity contribution in [2.45, 2.75) is 13.0 Å². The molecule has 0 aliphatic carbocycles. The molecular formula is C28H21N7O7. The van der Waals surface area contributed by atoms with Crippen molar-refractivity contribution in [1.29, 1.82) is 0 Å². The third-order valence-corrected chi connectivity index (χ3v) is 6.18. The van der Waals surface area contributed by atoms with E-state index >= 15 is 0 Å². The molecule has 0 saturated heterocycles. The van der Waals surface area contributed by atoms with Crippen LogP contribution < -0.4 is 5.32 Å². The second kappa shape index (κ2) is 11.6. The number of hydrogen-bond acceptors (Lipinski definition) is 11. The number of non-ortho nitro benzene ring substituents is 1. The van der Waals surface area contributed by atoms with Crippen molar-refractivity contribution >= 4 is 23.3 Å². The number of hydrogen-bond donors (Lipinski definition) is 1. The molecule has 1 unspecified atom stereocenters. The van der Waals surface area contributed by atoms with Crippen LogP contribution in [0, 0.1) is 15.0 Å². The van der Waals surface area contributed by atoms with Gasteiger partial charge in [0.25, 0.3) is 11.6 Å². The van der Waals surface area contributed by atoms with Crippen LogP contribution in [0.15, 0.2) is 88.6 Å². The van der Waals surface area contributed by atoms with Gasteiger partial charge >= 0.3 is 5.97 Å². The van der Waals surface area contributed by atoms with Crippen LogP contribution in [0.3, 0.4) is 0 Å². The summed E-state index contributed by atoms with van der Waals surface area (Å²) in [5.74, 6) is -1.39. The lowest BCUT2D eigenvalue weighted by molar-refractivity contribution is -0.384. The zero-order valence-corrected chi connectivity index (χ0v) is 22.1. The van der Waals surface area contributed by atoms with Crippen LogP contribution in [0.2, 0.25) is 0 Å². The van der Waals surface area contributed by atoms with E-state index in [0.29, 0.717) is 22.4 Å². The highest BCUT2D eigenvalue weighted by atomic mass is 16.6. The van der Waals surface area contributed by atoms with E-state index in [2.05, 4.69) is 25.7 Å². The summed E-state index contributed by atoms with van der Waals surface area (Å²) in [6.07, 6.45) is 0. The fourth-order valence-electron chi connectivity index (χ4n) is 4.28. The number of ether oxygens (including phenoxy) is 1. The summed E-state index contributed by atoms with van der Waals surface area (Å²) >= 11 is 0. The van der Waals surface area contributed by atoms with Crippen molar-refractivity contribution in [3.05, 3.63) is 111 Å². The second-order valence-corrected chi connectivity index (χ2v) is 8.90. The SMILES string of the molecule is COC(=O)c1c(NC(C)=O)c(-c2noc(-c3ccc([N+](=O)[O-])cc3)n2)nn1-c1cccc(C(N=O)c2ccccc2)c1. The molecule has 0 radical (unpaired) electrons. The number of benzene rings is 3. The number of nitrogens with one attached hydrogen (secondary N) is 1. The van der Waals surface area contributed by atoms with Crippen LogP contribution in [0.5, 0.6) is 0 Å². The number of amides is 1. The Morgan fingerprint density at radius 3 is 2.40 bits per heavy atom. The standard InChI is InChI=1S/C28H21N7O7/c1-16(36)29-23-24(26-30-27(42-33-26)18-11-13-20(14-12-18)35(39)40)31-34(25(23)28(37)41-2)21-10-6-9-19(15-21)22(32-38)17-7-4-3-5-8-17/h3-15,22H,1-2H3,(H,29,36). The third kappa shape index (κ3) is 5.36. The molecule has 2 heterocycles. The Kier molecular flexibility index (Phi) is 7.59. The molecule has 210 valence electrons. The van der Waals surface area contributed by atoms with E-state index in [-0.39, 0.29) is 34.5 Å². The molecule has 1 N–H and O–H groups in total. The van der Waals surface area contributed by atoms with Crippen LogP contribution in [0.4, 0.5) is 11.4 Å². The molecule has 42 heavy (non-hydrogen) atoms. The number of nitro groups is 1. The summed E-state index contributed by atoms with van der Waals surface area (Å²) in [5.41, 5.74) is 1.64. The molecule has 0 aliphatic heterocycles. The first-order valence-electron chi connectivity index (χ1n) is 12.4. The van der Waals surface area contributed by atoms with Crippen LogP contribution in [-0.4, -0.2) is 43.8 Å². The highest BCUT2D eigenvalue weighted by molar-refractivity contribution is 6.03. The van der Waals surface area contributed by atoms with Gasteiger partial charge in [0.2, 0.25) is 11.7 Å². The first-order chi connectivity index (χ1) is 20.3. The fourth-order valence-corrected chi connectivity index (χ4v) is 4.28. The molecule has 0 saturated carbocycles. The summed E-state index contributed by atoms with van der Waals surface area (Å²) < 4.78 is 11.6. The van der Waals surface area contributed by atoms with Crippen molar-refractivity contribution in [2.24, 2.45) is 5.18 Å². The van der Waals surface area contributed by atoms with Crippen molar-refractivity contribution in [2.75, 3.05) is 12.4 Å². The fraction of sp³-hybridized carbons (Fsp3) is 0.107. The molecule has 0 aliphatic rings. The van der Waals surface area contributed by atoms with Gasteiger partial charge in [-0.25, -0.2) is 9.48 Å². The predicted molar refractivity (Wildman–Crippen MR) is 149 cm³/mol. The van der Waals surface area contributed by atoms with Gasteiger partial charge in [0.1, 0.15) is 11.7 Å². The Morgan fingerprint density at radius 2 is 1.76 bits per heavy atom. The molecule has 2 aromatic heterocycles. The van der Waals surface area contributed by atoms with Gasteiger partial charge in [-0.05, 0) is 35.4 Å². The van der Waals surface area contributed by atoms with Gasteiger partial charge in [0.15, 0.2) is 11.4 Å². The Labute approximate surface area is 237 Å². The van der Waals surface area contributed by atoms with E-state index in [0.717, 1.165) is 0 Å². The molecule has 0 fully saturated rings. The number of esters is 1. The molecule has 5 aromatic rings. The van der Waals surface area contributed by atoms with Crippen LogP contribution in [-0.2, 0) is 9.53 Å². The Hall–Kier alpha value is -6.05. The first-order valence-corrected chi connectivity index (χ1v) is 12.4. The zero-order valence-electron chi connectivity index (χ0n) is 22.1. The van der Waals surface area contributed by atoms with Gasteiger partial charge < -0.3 is 14.6 Å². The highest BCUT2D eigenvalue weighted by Crippen LogP contribution is 2.34. The summed E-state index contributed by atoms with van der Waals surface area (Å²) in [6.45, 7) is 1.25. The third-order valence-electron chi connectivity index (χ3n) is 6.18. The van der Waals surface area contributed by atoms with Crippen molar-refractivity contribution in [3.8, 4) is 28.7 Å². The predicted octanol–water partition coefficient (Wildman–Crippen LogP) is 5.10. The molecule has 14 heteroatoms. The zero-order chi connectivity index (χ0) is 29.8. The summed E-state index contributed by atoms with van der Waals surface area (Å²) in [7, 11) is 1.18. The van der Waals surface area contributed by atoms with Gasteiger partial charge in [-0.2, -0.15) is 10.1 Å². The van der Waals surface area contributed by atoms with Crippen molar-refractivity contribution < 1.29 is 23.8 Å². The number of carbonyl (C=O) groups is 2. The average Bonchev–Trinajstić information content (AvgIpc) is 3.63. The lowest BCUT2D eigenvalue weighted by atomic mass is 9.99. The summed E-state index contributed by atoms with van der Waals surface area (Å²) in [5, 5.41) is 25.4. The number of nitrogens with zero attached hydrogens (tertiary/aromatic N) is 6. The molecule has 0 bridgehead atoms. The van der Waals surface area contributed by atoms with E-state index in [9.17, 15) is 24.6 Å². The molecule has 0 spiro atoms. The van der Waals surface area contributed by atoms with Gasteiger partial charge in [0, 0.05) is 24.6 Å². The molecule has 5 rings (SSSR count). The highest BCUT2D eigenvalue weighted by Gasteiger charge is 2.30. The quantitative estimate of drug-likeness (QED) is 0.109. The minimum absolute atomic E-state index is 0.0129. The lowest BCUT2D eigenvalue weighted by Gasteiger charge is -2.13. The maximum Gasteiger partial charge on any atom is 0.359 e. The maximum atomic E-state index is 13.0. The van der Waals surface area contributed by atoms with Crippen molar-refractivity contribution in [1.82, 2.24) is 19.9 Å². The normalized spacial score (nSPS) is 11.5. The second-order valence-electron chi connectivity index (χ2n) is 8.90. The van der Waals surface area contributed by atoms with Crippen LogP contribution in [0.1, 0.15) is 34.6 Å². The van der Waals surface area contributed by atoms with E-state index in [4.69, 9.17) is 9.26 Å². The smallest absolute Gasteiger partial charge is 0.359 e. The number of aromatic nitrogens is 4. The van der Waals surface area contributed by atoms with Crippen LogP contribution >= 0.6 is 0 Å². The molecule has 1 atom stereocenters. The Morgan fingerprint density at radius 1 is 1.05 bits per heavy atom. The van der Waals surface area contributed by atoms with Gasteiger partial charge in [0.05, 0.1) is 17.7 Å². The topological polar surface area (TPSA) is 185 Å². The number of nitro benzene ring substituents is 1. The number of nitroso groups, excluding NO2 is 1. The Bertz CT molecular complexity index is 1800. The number of rotatable bonds is 9. The monoisotopic (exact) mass is 567 g/mol. The molecule has 14 nitrogen and oxygen atoms in total. The maximum absolute atomic E-state index is 13.0. The first kappa shape index (κ1) is 27.5. The number of carbonyl (C=O) groups excluding carboxylic acids is 2. The Balaban J connectivity index is 1.64. The molecule has 1 amide bonds. The number of methoxy groups -OCH3 is 1. The van der Waals surface area contributed by atoms with E-state index in [1.807, 2.05) is 6.07 Å². The van der Waals surface area contributed by atoms with Crippen LogP contribution in [0.25, 0.3) is 28.7 Å². The van der Waals surface area contributed by atoms with Crippen molar-refractivity contribution in [3.63, 3.8) is 0 Å². The van der Waals surface area contributed by atoms with E-state index < -0.39 is 22.8 Å². The number of anilines is 1.